The standard InChI is InChI=1S/C24H21ClN2O3/c1-2-14-29-22-12-8-20(9-13-22)24(28)27-26-16-19-4-3-5-23(15-19)30-17-18-6-10-21(25)11-7-18/h2-13,15-16H,1,14,17H2,(H,27,28)/b26-16-. The summed E-state index contributed by atoms with van der Waals surface area (Å²) in [4.78, 5) is 12.2. The number of carbonyl (C=O) groups excluding carboxylic acids is 1. The Bertz CT molecular complexity index is 1020. The second-order valence-corrected chi connectivity index (χ2v) is 6.75. The van der Waals surface area contributed by atoms with E-state index >= 15 is 0 Å². The molecular weight excluding hydrogens is 400 g/mol. The maximum absolute atomic E-state index is 12.2. The Morgan fingerprint density at radius 3 is 2.50 bits per heavy atom. The molecule has 3 rings (SSSR count). The van der Waals surface area contributed by atoms with Crippen molar-refractivity contribution in [3.05, 3.63) is 107 Å². The van der Waals surface area contributed by atoms with E-state index in [-0.39, 0.29) is 5.91 Å². The van der Waals surface area contributed by atoms with Crippen molar-refractivity contribution in [3.8, 4) is 11.5 Å². The van der Waals surface area contributed by atoms with E-state index in [1.807, 2.05) is 48.5 Å². The lowest BCUT2D eigenvalue weighted by Gasteiger charge is -2.07. The van der Waals surface area contributed by atoms with Gasteiger partial charge in [0.15, 0.2) is 0 Å². The van der Waals surface area contributed by atoms with Crippen LogP contribution in [0.4, 0.5) is 0 Å². The number of hydrogen-bond donors (Lipinski definition) is 1. The minimum absolute atomic E-state index is 0.309. The Kier molecular flexibility index (Phi) is 7.64. The molecule has 0 radical (unpaired) electrons. The van der Waals surface area contributed by atoms with Gasteiger partial charge in [-0.1, -0.05) is 48.5 Å². The van der Waals surface area contributed by atoms with Gasteiger partial charge in [-0.05, 0) is 59.7 Å². The highest BCUT2D eigenvalue weighted by molar-refractivity contribution is 6.30. The van der Waals surface area contributed by atoms with E-state index in [1.165, 1.54) is 0 Å². The van der Waals surface area contributed by atoms with Gasteiger partial charge in [-0.3, -0.25) is 4.79 Å². The monoisotopic (exact) mass is 420 g/mol. The lowest BCUT2D eigenvalue weighted by Crippen LogP contribution is -2.17. The number of hydrogen-bond acceptors (Lipinski definition) is 4. The third-order valence-corrected chi connectivity index (χ3v) is 4.29. The van der Waals surface area contributed by atoms with Crippen LogP contribution in [0.5, 0.6) is 11.5 Å². The molecule has 0 unspecified atom stereocenters. The first kappa shape index (κ1) is 21.1. The summed E-state index contributed by atoms with van der Waals surface area (Å²) in [6, 6.07) is 21.7. The molecule has 0 saturated carbocycles. The fraction of sp³-hybridized carbons (Fsp3) is 0.0833. The van der Waals surface area contributed by atoms with Crippen LogP contribution in [0.2, 0.25) is 5.02 Å². The van der Waals surface area contributed by atoms with E-state index in [1.54, 1.807) is 36.6 Å². The number of carbonyl (C=O) groups is 1. The van der Waals surface area contributed by atoms with Gasteiger partial charge in [0.05, 0.1) is 6.21 Å². The molecule has 6 heteroatoms. The normalized spacial score (nSPS) is 10.6. The molecule has 0 aliphatic heterocycles. The van der Waals surface area contributed by atoms with E-state index in [4.69, 9.17) is 21.1 Å². The van der Waals surface area contributed by atoms with Crippen LogP contribution in [0.1, 0.15) is 21.5 Å². The first-order valence-electron chi connectivity index (χ1n) is 9.28. The van der Waals surface area contributed by atoms with Gasteiger partial charge in [0.1, 0.15) is 24.7 Å². The SMILES string of the molecule is C=CCOc1ccc(C(=O)N/N=C\c2cccc(OCc3ccc(Cl)cc3)c2)cc1. The zero-order chi connectivity index (χ0) is 21.2. The number of benzene rings is 3. The van der Waals surface area contributed by atoms with Gasteiger partial charge < -0.3 is 9.47 Å². The van der Waals surface area contributed by atoms with Gasteiger partial charge in [0.25, 0.3) is 5.91 Å². The summed E-state index contributed by atoms with van der Waals surface area (Å²) in [5, 5.41) is 4.71. The first-order chi connectivity index (χ1) is 14.6. The van der Waals surface area contributed by atoms with E-state index in [0.717, 1.165) is 11.1 Å². The maximum atomic E-state index is 12.2. The predicted molar refractivity (Wildman–Crippen MR) is 119 cm³/mol. The molecule has 5 nitrogen and oxygen atoms in total. The van der Waals surface area contributed by atoms with Crippen LogP contribution in [0.15, 0.2) is 90.6 Å². The van der Waals surface area contributed by atoms with Crippen LogP contribution >= 0.6 is 11.6 Å². The summed E-state index contributed by atoms with van der Waals surface area (Å²) in [5.74, 6) is 1.07. The topological polar surface area (TPSA) is 59.9 Å². The Hall–Kier alpha value is -3.57. The zero-order valence-corrected chi connectivity index (χ0v) is 17.0. The van der Waals surface area contributed by atoms with E-state index in [9.17, 15) is 4.79 Å². The van der Waals surface area contributed by atoms with Gasteiger partial charge in [0, 0.05) is 10.6 Å². The number of rotatable bonds is 9. The molecule has 0 aliphatic carbocycles. The van der Waals surface area contributed by atoms with Crippen molar-refractivity contribution in [2.45, 2.75) is 6.61 Å². The van der Waals surface area contributed by atoms with Crippen LogP contribution in [-0.2, 0) is 6.61 Å². The fourth-order valence-electron chi connectivity index (χ4n) is 2.52. The molecule has 0 atom stereocenters. The van der Waals surface area contributed by atoms with Crippen LogP contribution in [0.25, 0.3) is 0 Å². The fourth-order valence-corrected chi connectivity index (χ4v) is 2.65. The zero-order valence-electron chi connectivity index (χ0n) is 16.3. The van der Waals surface area contributed by atoms with Crippen LogP contribution in [0.3, 0.4) is 0 Å². The van der Waals surface area contributed by atoms with Gasteiger partial charge >= 0.3 is 0 Å². The lowest BCUT2D eigenvalue weighted by molar-refractivity contribution is 0.0955. The van der Waals surface area contributed by atoms with Gasteiger partial charge in [0.2, 0.25) is 0 Å². The van der Waals surface area contributed by atoms with Crippen molar-refractivity contribution in [1.82, 2.24) is 5.43 Å². The first-order valence-corrected chi connectivity index (χ1v) is 9.66. The smallest absolute Gasteiger partial charge is 0.271 e. The number of nitrogens with one attached hydrogen (secondary N) is 1. The van der Waals surface area contributed by atoms with Crippen molar-refractivity contribution in [3.63, 3.8) is 0 Å². The molecule has 152 valence electrons. The molecule has 1 N–H and O–H groups in total. The average Bonchev–Trinajstić information content (AvgIpc) is 2.78. The Morgan fingerprint density at radius 2 is 1.77 bits per heavy atom. The highest BCUT2D eigenvalue weighted by Crippen LogP contribution is 2.16. The van der Waals surface area contributed by atoms with Crippen molar-refractivity contribution in [2.75, 3.05) is 6.61 Å². The molecular formula is C24H21ClN2O3. The lowest BCUT2D eigenvalue weighted by atomic mass is 10.2. The van der Waals surface area contributed by atoms with Crippen LogP contribution in [0, 0.1) is 0 Å². The van der Waals surface area contributed by atoms with E-state index in [0.29, 0.717) is 35.3 Å². The summed E-state index contributed by atoms with van der Waals surface area (Å²) in [6.45, 7) is 4.44. The summed E-state index contributed by atoms with van der Waals surface area (Å²) < 4.78 is 11.2. The molecule has 0 spiro atoms. The summed E-state index contributed by atoms with van der Waals surface area (Å²) in [7, 11) is 0. The van der Waals surface area contributed by atoms with Crippen molar-refractivity contribution in [2.24, 2.45) is 5.10 Å². The third kappa shape index (κ3) is 6.50. The largest absolute Gasteiger partial charge is 0.490 e. The maximum Gasteiger partial charge on any atom is 0.271 e. The van der Waals surface area contributed by atoms with Crippen LogP contribution in [-0.4, -0.2) is 18.7 Å². The van der Waals surface area contributed by atoms with Gasteiger partial charge in [-0.25, -0.2) is 5.43 Å². The molecule has 0 bridgehead atoms. The molecule has 1 amide bonds. The van der Waals surface area contributed by atoms with Crippen molar-refractivity contribution < 1.29 is 14.3 Å². The molecule has 3 aromatic carbocycles. The van der Waals surface area contributed by atoms with Crippen molar-refractivity contribution >= 4 is 23.7 Å². The predicted octanol–water partition coefficient (Wildman–Crippen LogP) is 5.25. The second-order valence-electron chi connectivity index (χ2n) is 6.31. The summed E-state index contributed by atoms with van der Waals surface area (Å²) >= 11 is 5.89. The summed E-state index contributed by atoms with van der Waals surface area (Å²) in [6.07, 6.45) is 3.22. The van der Waals surface area contributed by atoms with E-state index < -0.39 is 0 Å². The quantitative estimate of drug-likeness (QED) is 0.292. The molecule has 30 heavy (non-hydrogen) atoms. The third-order valence-electron chi connectivity index (χ3n) is 4.04. The van der Waals surface area contributed by atoms with Crippen LogP contribution < -0.4 is 14.9 Å². The molecule has 0 aliphatic rings. The van der Waals surface area contributed by atoms with Gasteiger partial charge in [-0.2, -0.15) is 5.10 Å². The number of amides is 1. The highest BCUT2D eigenvalue weighted by Gasteiger charge is 2.04. The Labute approximate surface area is 180 Å². The second kappa shape index (κ2) is 10.8. The average molecular weight is 421 g/mol. The Balaban J connectivity index is 1.53. The number of nitrogens with zero attached hydrogens (tertiary/aromatic N) is 1. The van der Waals surface area contributed by atoms with Crippen molar-refractivity contribution in [1.29, 1.82) is 0 Å². The van der Waals surface area contributed by atoms with Gasteiger partial charge in [-0.15, -0.1) is 0 Å². The highest BCUT2D eigenvalue weighted by atomic mass is 35.5. The van der Waals surface area contributed by atoms with E-state index in [2.05, 4.69) is 17.1 Å². The minimum atomic E-state index is -0.309. The Morgan fingerprint density at radius 1 is 1.00 bits per heavy atom. The molecule has 0 saturated heterocycles. The summed E-state index contributed by atoms with van der Waals surface area (Å²) in [5.41, 5.74) is 4.82. The molecule has 3 aromatic rings. The molecule has 0 heterocycles. The number of hydrazone groups is 1. The molecule has 0 fully saturated rings. The number of ether oxygens (including phenoxy) is 2. The molecule has 0 aromatic heterocycles. The number of halogens is 1. The minimum Gasteiger partial charge on any atom is -0.490 e.